The van der Waals surface area contributed by atoms with E-state index in [1.807, 2.05) is 0 Å². The number of nitrogens with zero attached hydrogens (tertiary/aromatic N) is 2. The number of aromatic nitrogens is 1. The number of aryl methyl sites for hydroxylation is 1. The quantitative estimate of drug-likeness (QED) is 0.484. The molecule has 6 nitrogen and oxygen atoms in total. The Morgan fingerprint density at radius 3 is 2.50 bits per heavy atom. The molecule has 0 spiro atoms. The minimum absolute atomic E-state index is 0.388. The van der Waals surface area contributed by atoms with Crippen molar-refractivity contribution in [3.63, 3.8) is 0 Å². The molecular weight excluding hydrogens is 281 g/mol. The maximum atomic E-state index is 12.1. The Bertz CT molecular complexity index is 518. The molecule has 0 bridgehead atoms. The average molecular weight is 285 g/mol. The lowest BCUT2D eigenvalue weighted by Gasteiger charge is -2.11. The fraction of sp³-hybridized carbons (Fsp3) is 0.250. The Balaban J connectivity index is 3.51. The zero-order valence-electron chi connectivity index (χ0n) is 8.62. The molecule has 0 aliphatic carbocycles. The lowest BCUT2D eigenvalue weighted by atomic mass is 10.2. The summed E-state index contributed by atoms with van der Waals surface area (Å²) in [6.07, 6.45) is -4.43. The van der Waals surface area contributed by atoms with E-state index in [0.717, 1.165) is 6.92 Å². The van der Waals surface area contributed by atoms with Crippen molar-refractivity contribution in [2.45, 2.75) is 13.3 Å². The van der Waals surface area contributed by atoms with Gasteiger partial charge in [-0.25, -0.2) is 0 Å². The third-order valence-corrected chi connectivity index (χ3v) is 2.00. The lowest BCUT2D eigenvalue weighted by molar-refractivity contribution is -0.389. The van der Waals surface area contributed by atoms with Crippen molar-refractivity contribution in [2.75, 3.05) is 0 Å². The summed E-state index contributed by atoms with van der Waals surface area (Å²) in [6.45, 7) is 1.07. The maximum Gasteiger partial charge on any atom is 0.573 e. The molecule has 0 saturated carbocycles. The monoisotopic (exact) mass is 284 g/mol. The van der Waals surface area contributed by atoms with Gasteiger partial charge in [-0.3, -0.25) is 19.9 Å². The summed E-state index contributed by atoms with van der Waals surface area (Å²) in [6, 6.07) is 0. The zero-order chi connectivity index (χ0) is 14.1. The molecule has 0 unspecified atom stereocenters. The molecule has 1 aromatic heterocycles. The van der Waals surface area contributed by atoms with Crippen molar-refractivity contribution in [3.8, 4) is 5.75 Å². The number of halogens is 4. The second-order valence-corrected chi connectivity index (χ2v) is 3.36. The van der Waals surface area contributed by atoms with Gasteiger partial charge >= 0.3 is 12.0 Å². The van der Waals surface area contributed by atoms with Crippen molar-refractivity contribution in [2.24, 2.45) is 0 Å². The molecular formula is C8H4ClF3N2O4. The smallest absolute Gasteiger partial charge is 0.396 e. The molecule has 0 fully saturated rings. The van der Waals surface area contributed by atoms with Crippen LogP contribution in [0.25, 0.3) is 0 Å². The number of carbonyl (C=O) groups is 1. The highest BCUT2D eigenvalue weighted by Crippen LogP contribution is 2.37. The number of hydrogen-bond acceptors (Lipinski definition) is 5. The lowest BCUT2D eigenvalue weighted by Crippen LogP contribution is -2.19. The summed E-state index contributed by atoms with van der Waals surface area (Å²) in [5.74, 6) is -1.15. The van der Waals surface area contributed by atoms with Crippen LogP contribution in [0.15, 0.2) is 6.20 Å². The van der Waals surface area contributed by atoms with Crippen molar-refractivity contribution in [1.29, 1.82) is 0 Å². The Hall–Kier alpha value is -1.90. The van der Waals surface area contributed by atoms with Crippen LogP contribution in [-0.2, 0) is 0 Å². The minimum atomic E-state index is -5.15. The Labute approximate surface area is 102 Å². The van der Waals surface area contributed by atoms with Crippen molar-refractivity contribution >= 4 is 22.5 Å². The van der Waals surface area contributed by atoms with E-state index in [9.17, 15) is 28.1 Å². The molecule has 10 heteroatoms. The summed E-state index contributed by atoms with van der Waals surface area (Å²) < 4.78 is 39.8. The van der Waals surface area contributed by atoms with Gasteiger partial charge in [0.1, 0.15) is 5.56 Å². The van der Waals surface area contributed by atoms with Gasteiger partial charge in [0.15, 0.2) is 0 Å². The molecule has 0 atom stereocenters. The van der Waals surface area contributed by atoms with E-state index in [2.05, 4.69) is 9.72 Å². The van der Waals surface area contributed by atoms with Gasteiger partial charge in [-0.2, -0.15) is 0 Å². The molecule has 0 amide bonds. The standard InChI is InChI=1S/C8H4ClF3N2O4/c1-3-6(18-8(10,11)12)5(14(16)17)4(2-13-3)7(9)15/h2H,1H3. The van der Waals surface area contributed by atoms with Crippen LogP contribution in [0.1, 0.15) is 16.1 Å². The molecule has 0 aliphatic rings. The van der Waals surface area contributed by atoms with E-state index in [1.165, 1.54) is 0 Å². The third kappa shape index (κ3) is 3.06. The summed E-state index contributed by atoms with van der Waals surface area (Å²) in [7, 11) is 0. The van der Waals surface area contributed by atoms with Crippen LogP contribution in [0.2, 0.25) is 0 Å². The van der Waals surface area contributed by atoms with E-state index in [1.54, 1.807) is 0 Å². The van der Waals surface area contributed by atoms with Gasteiger partial charge in [0, 0.05) is 6.20 Å². The molecule has 0 aliphatic heterocycles. The van der Waals surface area contributed by atoms with E-state index in [-0.39, 0.29) is 5.69 Å². The Kier molecular flexibility index (Phi) is 3.75. The predicted molar refractivity (Wildman–Crippen MR) is 52.5 cm³/mol. The van der Waals surface area contributed by atoms with E-state index < -0.39 is 33.5 Å². The number of pyridine rings is 1. The van der Waals surface area contributed by atoms with Gasteiger partial charge in [0.05, 0.1) is 10.6 Å². The highest BCUT2D eigenvalue weighted by Gasteiger charge is 2.38. The van der Waals surface area contributed by atoms with Crippen LogP contribution in [0.5, 0.6) is 5.75 Å². The fourth-order valence-corrected chi connectivity index (χ4v) is 1.28. The van der Waals surface area contributed by atoms with E-state index in [0.29, 0.717) is 6.20 Å². The molecule has 0 saturated heterocycles. The number of hydrogen-bond donors (Lipinski definition) is 0. The molecule has 1 aromatic rings. The van der Waals surface area contributed by atoms with E-state index in [4.69, 9.17) is 11.6 Å². The normalized spacial score (nSPS) is 11.2. The summed E-state index contributed by atoms with van der Waals surface area (Å²) in [5.41, 5.74) is -2.33. The van der Waals surface area contributed by atoms with Gasteiger partial charge in [-0.05, 0) is 18.5 Å². The van der Waals surface area contributed by atoms with Crippen LogP contribution >= 0.6 is 11.6 Å². The molecule has 0 N–H and O–H groups in total. The molecule has 18 heavy (non-hydrogen) atoms. The number of ether oxygens (including phenoxy) is 1. The first-order valence-electron chi connectivity index (χ1n) is 4.23. The van der Waals surface area contributed by atoms with E-state index >= 15 is 0 Å². The first kappa shape index (κ1) is 14.2. The SMILES string of the molecule is Cc1ncc(C(=O)Cl)c([N+](=O)[O-])c1OC(F)(F)F. The second-order valence-electron chi connectivity index (χ2n) is 3.01. The maximum absolute atomic E-state index is 12.1. The topological polar surface area (TPSA) is 82.3 Å². The highest BCUT2D eigenvalue weighted by atomic mass is 35.5. The van der Waals surface area contributed by atoms with Crippen molar-refractivity contribution in [1.82, 2.24) is 4.98 Å². The van der Waals surface area contributed by atoms with Crippen molar-refractivity contribution in [3.05, 3.63) is 27.6 Å². The van der Waals surface area contributed by atoms with Crippen LogP contribution < -0.4 is 4.74 Å². The van der Waals surface area contributed by atoms with Gasteiger partial charge in [-0.1, -0.05) is 0 Å². The first-order valence-corrected chi connectivity index (χ1v) is 4.61. The van der Waals surface area contributed by atoms with Gasteiger partial charge in [0.2, 0.25) is 5.75 Å². The summed E-state index contributed by atoms with van der Waals surface area (Å²) >= 11 is 5.03. The highest BCUT2D eigenvalue weighted by molar-refractivity contribution is 6.68. The second kappa shape index (κ2) is 4.77. The van der Waals surface area contributed by atoms with Crippen LogP contribution in [0.3, 0.4) is 0 Å². The van der Waals surface area contributed by atoms with Crippen molar-refractivity contribution < 1.29 is 27.6 Å². The largest absolute Gasteiger partial charge is 0.573 e. The van der Waals surface area contributed by atoms with Crippen LogP contribution in [-0.4, -0.2) is 21.5 Å². The van der Waals surface area contributed by atoms with Gasteiger partial charge in [0.25, 0.3) is 5.24 Å². The molecule has 0 radical (unpaired) electrons. The average Bonchev–Trinajstić information content (AvgIpc) is 2.17. The minimum Gasteiger partial charge on any atom is -0.396 e. The first-order chi connectivity index (χ1) is 8.13. The zero-order valence-corrected chi connectivity index (χ0v) is 9.37. The fourth-order valence-electron chi connectivity index (χ4n) is 1.14. The molecule has 1 heterocycles. The summed E-state index contributed by atoms with van der Waals surface area (Å²) in [5, 5.41) is 9.40. The number of alkyl halides is 3. The van der Waals surface area contributed by atoms with Crippen LogP contribution in [0.4, 0.5) is 18.9 Å². The molecule has 0 aromatic carbocycles. The number of rotatable bonds is 3. The number of carbonyl (C=O) groups excluding carboxylic acids is 1. The third-order valence-electron chi connectivity index (χ3n) is 1.80. The Morgan fingerprint density at radius 1 is 1.56 bits per heavy atom. The molecule has 1 rings (SSSR count). The predicted octanol–water partition coefficient (Wildman–Crippen LogP) is 2.58. The molecule has 98 valence electrons. The number of nitro groups is 1. The Morgan fingerprint density at radius 2 is 2.11 bits per heavy atom. The van der Waals surface area contributed by atoms with Gasteiger partial charge < -0.3 is 4.74 Å². The van der Waals surface area contributed by atoms with Crippen LogP contribution in [0, 0.1) is 17.0 Å². The van der Waals surface area contributed by atoms with Gasteiger partial charge in [-0.15, -0.1) is 13.2 Å². The summed E-state index contributed by atoms with van der Waals surface area (Å²) in [4.78, 5) is 23.8.